The van der Waals surface area contributed by atoms with Crippen molar-refractivity contribution >= 4 is 39.2 Å². The molecule has 0 spiro atoms. The van der Waals surface area contributed by atoms with Crippen molar-refractivity contribution in [3.63, 3.8) is 0 Å². The van der Waals surface area contributed by atoms with Gasteiger partial charge in [-0.2, -0.15) is 8.42 Å². The van der Waals surface area contributed by atoms with Gasteiger partial charge in [0.2, 0.25) is 17.7 Å². The summed E-state index contributed by atoms with van der Waals surface area (Å²) < 4.78 is 32.8. The van der Waals surface area contributed by atoms with Gasteiger partial charge in [0.05, 0.1) is 33.1 Å². The maximum Gasteiger partial charge on any atom is 0.294 e. The molecule has 1 fully saturated rings. The average Bonchev–Trinajstić information content (AvgIpc) is 3.79. The molecule has 0 aliphatic carbocycles. The van der Waals surface area contributed by atoms with Gasteiger partial charge in [0, 0.05) is 19.4 Å². The predicted molar refractivity (Wildman–Crippen MR) is 236 cm³/mol. The molecule has 3 amide bonds. The van der Waals surface area contributed by atoms with Crippen molar-refractivity contribution in [3.05, 3.63) is 70.4 Å². The number of aryl methyl sites for hydroxylation is 3. The van der Waals surface area contributed by atoms with Gasteiger partial charge in [-0.3, -0.25) is 18.9 Å². The Morgan fingerprint density at radius 2 is 1.44 bits per heavy atom. The molecule has 2 aromatic carbocycles. The highest BCUT2D eigenvalue weighted by Crippen LogP contribution is 2.30. The summed E-state index contributed by atoms with van der Waals surface area (Å²) in [4.78, 5) is 47.6. The van der Waals surface area contributed by atoms with Gasteiger partial charge in [0.15, 0.2) is 0 Å². The monoisotopic (exact) mass is 852 g/mol. The topological polar surface area (TPSA) is 166 Å². The lowest BCUT2D eigenvalue weighted by molar-refractivity contribution is -0.144. The molecule has 2 heterocycles. The van der Waals surface area contributed by atoms with Gasteiger partial charge in [-0.15, -0.1) is 11.3 Å². The number of aliphatic hydroxyl groups is 1. The summed E-state index contributed by atoms with van der Waals surface area (Å²) in [6.07, 6.45) is 14.4. The van der Waals surface area contributed by atoms with E-state index in [4.69, 9.17) is 0 Å². The van der Waals surface area contributed by atoms with Crippen LogP contribution in [0.5, 0.6) is 0 Å². The molecule has 0 radical (unpaired) electrons. The van der Waals surface area contributed by atoms with Gasteiger partial charge in [0.25, 0.3) is 10.1 Å². The zero-order valence-corrected chi connectivity index (χ0v) is 37.7. The van der Waals surface area contributed by atoms with Gasteiger partial charge in [-0.25, -0.2) is 4.98 Å². The number of hydrogen-bond donors (Lipinski definition) is 4. The van der Waals surface area contributed by atoms with E-state index in [1.807, 2.05) is 77.4 Å². The summed E-state index contributed by atoms with van der Waals surface area (Å²) in [5.74, 6) is -0.857. The lowest BCUT2D eigenvalue weighted by Gasteiger charge is -2.35. The zero-order chi connectivity index (χ0) is 43.2. The second kappa shape index (κ2) is 22.8. The van der Waals surface area contributed by atoms with Crippen LogP contribution in [0.3, 0.4) is 0 Å². The maximum absolute atomic E-state index is 14.0. The largest absolute Gasteiger partial charge is 0.391 e. The summed E-state index contributed by atoms with van der Waals surface area (Å²) in [5.41, 5.74) is 5.87. The summed E-state index contributed by atoms with van der Waals surface area (Å²) in [7, 11) is -4.20. The fourth-order valence-corrected chi connectivity index (χ4v) is 9.49. The number of carbonyl (C=O) groups is 3. The van der Waals surface area contributed by atoms with Crippen LogP contribution in [0.4, 0.5) is 0 Å². The lowest BCUT2D eigenvalue weighted by Crippen LogP contribution is -2.57. The van der Waals surface area contributed by atoms with E-state index in [0.29, 0.717) is 18.4 Å². The third-order valence-electron chi connectivity index (χ3n) is 11.4. The van der Waals surface area contributed by atoms with Crippen LogP contribution >= 0.6 is 11.3 Å². The SMILES string of the molecule is Cc1ccc(S(=O)(=O)O)c(CCCCCCCCCCCCCCCC(=O)N[C@H](C(=O)N2C[C@H](O)C[C@H]2C(=O)N[C@@H](C)c2ccc(-c3scnc3C)cc2)C(C)(C)C)c1. The fraction of sp³-hybridized carbons (Fsp3) is 0.609. The van der Waals surface area contributed by atoms with E-state index in [2.05, 4.69) is 15.6 Å². The van der Waals surface area contributed by atoms with E-state index in [0.717, 1.165) is 72.2 Å². The van der Waals surface area contributed by atoms with Crippen LogP contribution in [0.15, 0.2) is 52.9 Å². The van der Waals surface area contributed by atoms with Crippen LogP contribution in [0.1, 0.15) is 152 Å². The highest BCUT2D eigenvalue weighted by Gasteiger charge is 2.44. The summed E-state index contributed by atoms with van der Waals surface area (Å²) >= 11 is 1.59. The van der Waals surface area contributed by atoms with Crippen molar-refractivity contribution < 1.29 is 32.5 Å². The van der Waals surface area contributed by atoms with E-state index in [9.17, 15) is 32.5 Å². The van der Waals surface area contributed by atoms with Crippen LogP contribution in [-0.4, -0.2) is 70.4 Å². The molecule has 1 aliphatic rings. The number of β-amino-alcohol motifs (C(OH)–C–C–N with tert-alkyl or cyclic N) is 1. The number of amides is 3. The average molecular weight is 853 g/mol. The van der Waals surface area contributed by atoms with E-state index in [1.54, 1.807) is 17.4 Å². The Bertz CT molecular complexity index is 1920. The number of nitrogens with zero attached hydrogens (tertiary/aromatic N) is 2. The maximum atomic E-state index is 14.0. The molecule has 1 saturated heterocycles. The Hall–Kier alpha value is -3.65. The molecule has 4 rings (SSSR count). The Balaban J connectivity index is 1.09. The first-order valence-corrected chi connectivity index (χ1v) is 23.9. The van der Waals surface area contributed by atoms with E-state index < -0.39 is 33.7 Å². The van der Waals surface area contributed by atoms with E-state index >= 15 is 0 Å². The highest BCUT2D eigenvalue weighted by molar-refractivity contribution is 7.85. The summed E-state index contributed by atoms with van der Waals surface area (Å²) in [6.45, 7) is 11.5. The molecule has 4 N–H and O–H groups in total. The van der Waals surface area contributed by atoms with Gasteiger partial charge in [0.1, 0.15) is 12.1 Å². The molecule has 0 saturated carbocycles. The number of hydrogen-bond acceptors (Lipinski definition) is 8. The first-order valence-electron chi connectivity index (χ1n) is 21.6. The first kappa shape index (κ1) is 48.0. The number of aromatic nitrogens is 1. The van der Waals surface area contributed by atoms with Crippen molar-refractivity contribution in [2.75, 3.05) is 6.54 Å². The molecular weight excluding hydrogens is 785 g/mol. The van der Waals surface area contributed by atoms with Gasteiger partial charge in [-0.1, -0.05) is 133 Å². The number of benzene rings is 2. The molecular formula is C46H68N4O7S2. The van der Waals surface area contributed by atoms with Crippen LogP contribution in [0, 0.1) is 19.3 Å². The predicted octanol–water partition coefficient (Wildman–Crippen LogP) is 9.05. The molecule has 1 aliphatic heterocycles. The number of unbranched alkanes of at least 4 members (excludes halogenated alkanes) is 12. The number of thiazole rings is 1. The molecule has 1 aromatic heterocycles. The van der Waals surface area contributed by atoms with Crippen LogP contribution < -0.4 is 10.6 Å². The number of carbonyl (C=O) groups excluding carboxylic acids is 3. The molecule has 13 heteroatoms. The molecule has 0 bridgehead atoms. The Morgan fingerprint density at radius 1 is 0.864 bits per heavy atom. The number of aliphatic hydroxyl groups excluding tert-OH is 1. The number of rotatable bonds is 23. The van der Waals surface area contributed by atoms with Gasteiger partial charge in [-0.05, 0) is 68.2 Å². The van der Waals surface area contributed by atoms with Crippen LogP contribution in [-0.2, 0) is 30.9 Å². The van der Waals surface area contributed by atoms with Crippen molar-refractivity contribution in [2.45, 2.75) is 173 Å². The quantitative estimate of drug-likeness (QED) is 0.0542. The molecule has 3 aromatic rings. The molecule has 0 unspecified atom stereocenters. The molecule has 59 heavy (non-hydrogen) atoms. The number of likely N-dealkylation sites (tertiary alicyclic amines) is 1. The minimum Gasteiger partial charge on any atom is -0.391 e. The fourth-order valence-electron chi connectivity index (χ4n) is 7.95. The minimum absolute atomic E-state index is 0.0254. The highest BCUT2D eigenvalue weighted by atomic mass is 32.2. The van der Waals surface area contributed by atoms with E-state index in [1.165, 1.54) is 49.5 Å². The van der Waals surface area contributed by atoms with Gasteiger partial charge < -0.3 is 20.6 Å². The molecule has 326 valence electrons. The second-order valence-electron chi connectivity index (χ2n) is 17.6. The smallest absolute Gasteiger partial charge is 0.294 e. The number of nitrogens with one attached hydrogen (secondary N) is 2. The van der Waals surface area contributed by atoms with E-state index in [-0.39, 0.29) is 41.6 Å². The van der Waals surface area contributed by atoms with Crippen molar-refractivity contribution in [3.8, 4) is 10.4 Å². The summed E-state index contributed by atoms with van der Waals surface area (Å²) in [5, 5.41) is 16.6. The molecule has 11 nitrogen and oxygen atoms in total. The Morgan fingerprint density at radius 3 is 1.98 bits per heavy atom. The van der Waals surface area contributed by atoms with Crippen molar-refractivity contribution in [1.82, 2.24) is 20.5 Å². The first-order chi connectivity index (χ1) is 28.0. The molecule has 4 atom stereocenters. The standard InChI is InChI=1S/C46H68N4O7S2/c1-32-22-27-40(59(55,56)57)37(28-32)20-18-16-14-12-10-8-7-9-11-13-15-17-19-21-41(52)49-43(46(4,5)6)45(54)50-30-38(51)29-39(50)44(53)48-33(2)35-23-25-36(26-24-35)42-34(3)47-31-58-42/h22-28,31,33,38-39,43,51H,7-21,29-30H2,1-6H3,(H,48,53)(H,49,52)(H,55,56,57)/t33-,38+,39-,43+/m0/s1. The van der Waals surface area contributed by atoms with Crippen LogP contribution in [0.25, 0.3) is 10.4 Å². The summed E-state index contributed by atoms with van der Waals surface area (Å²) in [6, 6.07) is 11.1. The second-order valence-corrected chi connectivity index (χ2v) is 19.8. The third kappa shape index (κ3) is 15.1. The van der Waals surface area contributed by atoms with Gasteiger partial charge >= 0.3 is 0 Å². The normalized spacial score (nSPS) is 16.8. The lowest BCUT2D eigenvalue weighted by atomic mass is 9.85. The van der Waals surface area contributed by atoms with Crippen molar-refractivity contribution in [2.24, 2.45) is 5.41 Å². The van der Waals surface area contributed by atoms with Crippen molar-refractivity contribution in [1.29, 1.82) is 0 Å². The zero-order valence-electron chi connectivity index (χ0n) is 36.1. The Kier molecular flexibility index (Phi) is 18.6. The van der Waals surface area contributed by atoms with Crippen LogP contribution in [0.2, 0.25) is 0 Å². The Labute approximate surface area is 356 Å². The third-order valence-corrected chi connectivity index (χ3v) is 13.3. The minimum atomic E-state index is -4.20.